The molecule has 2 N–H and O–H groups in total. The molecule has 0 spiro atoms. The van der Waals surface area contributed by atoms with Crippen molar-refractivity contribution in [3.63, 3.8) is 0 Å². The van der Waals surface area contributed by atoms with E-state index in [9.17, 15) is 14.4 Å². The van der Waals surface area contributed by atoms with Gasteiger partial charge in [0, 0.05) is 25.2 Å². The third kappa shape index (κ3) is 3.44. The van der Waals surface area contributed by atoms with Gasteiger partial charge in [0.2, 0.25) is 0 Å². The Kier molecular flexibility index (Phi) is 4.66. The first kappa shape index (κ1) is 15.6. The third-order valence-corrected chi connectivity index (χ3v) is 4.21. The Labute approximate surface area is 125 Å². The molecule has 1 amide bonds. The molecule has 1 saturated heterocycles. The summed E-state index contributed by atoms with van der Waals surface area (Å²) >= 11 is 1.25. The number of hydrogen-bond donors (Lipinski definition) is 2. The van der Waals surface area contributed by atoms with Crippen molar-refractivity contribution in [1.29, 1.82) is 0 Å². The zero-order valence-corrected chi connectivity index (χ0v) is 12.7. The minimum absolute atomic E-state index is 0.0137. The van der Waals surface area contributed by atoms with E-state index in [4.69, 9.17) is 5.11 Å². The second-order valence-corrected chi connectivity index (χ2v) is 5.85. The number of aromatic amines is 1. The number of carbonyl (C=O) groups is 2. The van der Waals surface area contributed by atoms with Crippen LogP contribution in [0.15, 0.2) is 9.82 Å². The first-order chi connectivity index (χ1) is 9.92. The van der Waals surface area contributed by atoms with Crippen molar-refractivity contribution in [2.75, 3.05) is 19.3 Å². The van der Waals surface area contributed by atoms with Gasteiger partial charge in [0.25, 0.3) is 5.91 Å². The number of nitrogens with one attached hydrogen (secondary N) is 1. The van der Waals surface area contributed by atoms with E-state index < -0.39 is 11.7 Å². The highest BCUT2D eigenvalue weighted by Crippen LogP contribution is 2.25. The fraction of sp³-hybridized carbons (Fsp3) is 0.538. The SMILES string of the molecule is CSc1nc(=O)[nH]c(C)c1C(=O)N1CCC(CC(=O)O)C1. The summed E-state index contributed by atoms with van der Waals surface area (Å²) in [4.78, 5) is 42.7. The van der Waals surface area contributed by atoms with Crippen molar-refractivity contribution < 1.29 is 14.7 Å². The molecule has 1 aromatic heterocycles. The summed E-state index contributed by atoms with van der Waals surface area (Å²) in [7, 11) is 0. The first-order valence-corrected chi connectivity index (χ1v) is 7.80. The van der Waals surface area contributed by atoms with Gasteiger partial charge in [-0.25, -0.2) is 4.79 Å². The Morgan fingerprint density at radius 3 is 2.86 bits per heavy atom. The molecule has 1 aliphatic heterocycles. The highest BCUT2D eigenvalue weighted by Gasteiger charge is 2.30. The number of carbonyl (C=O) groups excluding carboxylic acids is 1. The van der Waals surface area contributed by atoms with Crippen LogP contribution < -0.4 is 5.69 Å². The lowest BCUT2D eigenvalue weighted by atomic mass is 10.1. The molecule has 0 bridgehead atoms. The molecule has 0 radical (unpaired) electrons. The first-order valence-electron chi connectivity index (χ1n) is 6.58. The average Bonchev–Trinajstić information content (AvgIpc) is 2.84. The van der Waals surface area contributed by atoms with Gasteiger partial charge in [-0.2, -0.15) is 4.98 Å². The van der Waals surface area contributed by atoms with Crippen molar-refractivity contribution in [1.82, 2.24) is 14.9 Å². The fourth-order valence-electron chi connectivity index (χ4n) is 2.55. The van der Waals surface area contributed by atoms with Crippen LogP contribution in [0, 0.1) is 12.8 Å². The Balaban J connectivity index is 2.22. The number of carboxylic acids is 1. The molecule has 0 aromatic carbocycles. The number of aliphatic carboxylic acids is 1. The third-order valence-electron chi connectivity index (χ3n) is 3.53. The van der Waals surface area contributed by atoms with E-state index in [0.717, 1.165) is 0 Å². The molecule has 2 heterocycles. The smallest absolute Gasteiger partial charge is 0.346 e. The Bertz CT molecular complexity index is 628. The molecular formula is C13H17N3O4S. The lowest BCUT2D eigenvalue weighted by Gasteiger charge is -2.18. The fourth-order valence-corrected chi connectivity index (χ4v) is 3.17. The van der Waals surface area contributed by atoms with E-state index in [1.54, 1.807) is 18.1 Å². The van der Waals surface area contributed by atoms with Crippen LogP contribution >= 0.6 is 11.8 Å². The van der Waals surface area contributed by atoms with E-state index >= 15 is 0 Å². The minimum Gasteiger partial charge on any atom is -0.481 e. The standard InChI is InChI=1S/C13H17N3O4S/c1-7-10(11(21-2)15-13(20)14-7)12(19)16-4-3-8(6-16)5-9(17)18/h8H,3-6H2,1-2H3,(H,17,18)(H,14,15,20). The predicted octanol–water partition coefficient (Wildman–Crippen LogP) is 0.737. The topological polar surface area (TPSA) is 103 Å². The number of carboxylic acid groups (broad SMARTS) is 1. The number of aromatic nitrogens is 2. The lowest BCUT2D eigenvalue weighted by molar-refractivity contribution is -0.138. The maximum Gasteiger partial charge on any atom is 0.346 e. The molecule has 2 rings (SSSR count). The summed E-state index contributed by atoms with van der Waals surface area (Å²) in [6, 6.07) is 0. The van der Waals surface area contributed by atoms with Gasteiger partial charge in [-0.3, -0.25) is 9.59 Å². The molecule has 1 atom stereocenters. The van der Waals surface area contributed by atoms with E-state index in [1.165, 1.54) is 11.8 Å². The maximum atomic E-state index is 12.6. The number of H-pyrrole nitrogens is 1. The van der Waals surface area contributed by atoms with Gasteiger partial charge >= 0.3 is 11.7 Å². The van der Waals surface area contributed by atoms with Crippen molar-refractivity contribution in [3.05, 3.63) is 21.7 Å². The minimum atomic E-state index is -0.846. The number of thioether (sulfide) groups is 1. The Morgan fingerprint density at radius 2 is 2.24 bits per heavy atom. The second-order valence-electron chi connectivity index (χ2n) is 5.05. The average molecular weight is 311 g/mol. The number of rotatable bonds is 4. The molecule has 1 aromatic rings. The van der Waals surface area contributed by atoms with E-state index in [2.05, 4.69) is 9.97 Å². The maximum absolute atomic E-state index is 12.6. The summed E-state index contributed by atoms with van der Waals surface area (Å²) in [6.45, 7) is 2.63. The zero-order valence-electron chi connectivity index (χ0n) is 11.9. The van der Waals surface area contributed by atoms with Crippen LogP contribution in [0.1, 0.15) is 28.9 Å². The Morgan fingerprint density at radius 1 is 1.52 bits per heavy atom. The van der Waals surface area contributed by atoms with Crippen molar-refractivity contribution in [2.45, 2.75) is 24.8 Å². The van der Waals surface area contributed by atoms with Gasteiger partial charge in [-0.15, -0.1) is 11.8 Å². The highest BCUT2D eigenvalue weighted by molar-refractivity contribution is 7.98. The molecule has 1 aliphatic rings. The summed E-state index contributed by atoms with van der Waals surface area (Å²) in [5.41, 5.74) is 0.419. The van der Waals surface area contributed by atoms with E-state index in [1.807, 2.05) is 0 Å². The molecular weight excluding hydrogens is 294 g/mol. The second kappa shape index (κ2) is 6.30. The van der Waals surface area contributed by atoms with Gasteiger partial charge < -0.3 is 15.0 Å². The number of nitrogens with zero attached hydrogens (tertiary/aromatic N) is 2. The number of amides is 1. The van der Waals surface area contributed by atoms with Crippen LogP contribution in [0.4, 0.5) is 0 Å². The Hall–Kier alpha value is -1.83. The number of aryl methyl sites for hydroxylation is 1. The van der Waals surface area contributed by atoms with Crippen LogP contribution in [0.2, 0.25) is 0 Å². The molecule has 0 saturated carbocycles. The van der Waals surface area contributed by atoms with E-state index in [0.29, 0.717) is 35.8 Å². The summed E-state index contributed by atoms with van der Waals surface area (Å²) in [5.74, 6) is -1.06. The monoisotopic (exact) mass is 311 g/mol. The molecule has 1 fully saturated rings. The molecule has 0 aliphatic carbocycles. The van der Waals surface area contributed by atoms with Gasteiger partial charge in [-0.05, 0) is 25.5 Å². The van der Waals surface area contributed by atoms with E-state index in [-0.39, 0.29) is 18.2 Å². The number of likely N-dealkylation sites (tertiary alicyclic amines) is 1. The van der Waals surface area contributed by atoms with Crippen LogP contribution in [0.5, 0.6) is 0 Å². The molecule has 114 valence electrons. The molecule has 1 unspecified atom stereocenters. The molecule has 8 heteroatoms. The molecule has 7 nitrogen and oxygen atoms in total. The largest absolute Gasteiger partial charge is 0.481 e. The summed E-state index contributed by atoms with van der Waals surface area (Å²) in [5, 5.41) is 9.22. The van der Waals surface area contributed by atoms with Gasteiger partial charge in [-0.1, -0.05) is 0 Å². The highest BCUT2D eigenvalue weighted by atomic mass is 32.2. The molecule has 21 heavy (non-hydrogen) atoms. The van der Waals surface area contributed by atoms with Crippen LogP contribution in [0.25, 0.3) is 0 Å². The number of hydrogen-bond acceptors (Lipinski definition) is 5. The van der Waals surface area contributed by atoms with Gasteiger partial charge in [0.1, 0.15) is 5.03 Å². The van der Waals surface area contributed by atoms with Crippen LogP contribution in [0.3, 0.4) is 0 Å². The van der Waals surface area contributed by atoms with Gasteiger partial charge in [0.05, 0.1) is 5.56 Å². The predicted molar refractivity (Wildman–Crippen MR) is 77.6 cm³/mol. The lowest BCUT2D eigenvalue weighted by Crippen LogP contribution is -2.31. The van der Waals surface area contributed by atoms with Crippen molar-refractivity contribution >= 4 is 23.6 Å². The summed E-state index contributed by atoms with van der Waals surface area (Å²) in [6.07, 6.45) is 2.51. The normalized spacial score (nSPS) is 18.0. The van der Waals surface area contributed by atoms with Crippen LogP contribution in [-0.4, -0.2) is 51.2 Å². The van der Waals surface area contributed by atoms with Crippen LogP contribution in [-0.2, 0) is 4.79 Å². The quantitative estimate of drug-likeness (QED) is 0.628. The van der Waals surface area contributed by atoms with Crippen molar-refractivity contribution in [2.24, 2.45) is 5.92 Å². The summed E-state index contributed by atoms with van der Waals surface area (Å²) < 4.78 is 0. The zero-order chi connectivity index (χ0) is 15.6. The van der Waals surface area contributed by atoms with Crippen molar-refractivity contribution in [3.8, 4) is 0 Å². The van der Waals surface area contributed by atoms with Gasteiger partial charge in [0.15, 0.2) is 0 Å².